The van der Waals surface area contributed by atoms with Crippen LogP contribution in [0.25, 0.3) is 5.65 Å². The molecular formula is C18H21N5OS. The standard InChI is InChI=1S/C18H21N5OS/c1-12-9-17-20-16(5-8-23(17)21-12)14-3-6-22(7-4-14)18(24)10-15-11-25-13(2)19-15/h5,8-9,11,14H,3-4,6-7,10H2,1-2H3. The summed E-state index contributed by atoms with van der Waals surface area (Å²) in [5, 5.41) is 7.36. The van der Waals surface area contributed by atoms with Crippen molar-refractivity contribution in [3.8, 4) is 0 Å². The Hall–Kier alpha value is -2.28. The van der Waals surface area contributed by atoms with Gasteiger partial charge in [0.2, 0.25) is 5.91 Å². The topological polar surface area (TPSA) is 63.4 Å². The molecule has 0 radical (unpaired) electrons. The molecule has 0 bridgehead atoms. The maximum absolute atomic E-state index is 12.5. The van der Waals surface area contributed by atoms with Crippen LogP contribution in [0.1, 0.15) is 40.8 Å². The van der Waals surface area contributed by atoms with E-state index in [1.54, 1.807) is 11.3 Å². The molecule has 0 atom stereocenters. The van der Waals surface area contributed by atoms with E-state index in [9.17, 15) is 4.79 Å². The first-order chi connectivity index (χ1) is 12.1. The molecule has 4 heterocycles. The molecule has 0 saturated carbocycles. The summed E-state index contributed by atoms with van der Waals surface area (Å²) in [4.78, 5) is 23.6. The van der Waals surface area contributed by atoms with Gasteiger partial charge < -0.3 is 4.90 Å². The second-order valence-electron chi connectivity index (χ2n) is 6.63. The lowest BCUT2D eigenvalue weighted by Gasteiger charge is -2.31. The Morgan fingerprint density at radius 2 is 2.08 bits per heavy atom. The van der Waals surface area contributed by atoms with E-state index in [1.807, 2.05) is 40.9 Å². The van der Waals surface area contributed by atoms with Gasteiger partial charge in [0.1, 0.15) is 0 Å². The predicted molar refractivity (Wildman–Crippen MR) is 96.8 cm³/mol. The molecule has 130 valence electrons. The molecule has 3 aromatic rings. The minimum absolute atomic E-state index is 0.179. The lowest BCUT2D eigenvalue weighted by atomic mass is 9.93. The number of rotatable bonds is 3. The normalized spacial score (nSPS) is 15.8. The Kier molecular flexibility index (Phi) is 4.25. The van der Waals surface area contributed by atoms with Gasteiger partial charge in [0, 0.05) is 42.3 Å². The van der Waals surface area contributed by atoms with Gasteiger partial charge in [-0.15, -0.1) is 11.3 Å². The quantitative estimate of drug-likeness (QED) is 0.725. The number of hydrogen-bond acceptors (Lipinski definition) is 5. The van der Waals surface area contributed by atoms with Crippen LogP contribution in [0.2, 0.25) is 0 Å². The second kappa shape index (κ2) is 6.55. The summed E-state index contributed by atoms with van der Waals surface area (Å²) in [6.45, 7) is 5.52. The minimum Gasteiger partial charge on any atom is -0.342 e. The van der Waals surface area contributed by atoms with Gasteiger partial charge in [0.15, 0.2) is 5.65 Å². The lowest BCUT2D eigenvalue weighted by Crippen LogP contribution is -2.39. The van der Waals surface area contributed by atoms with Crippen molar-refractivity contribution in [3.63, 3.8) is 0 Å². The maximum Gasteiger partial charge on any atom is 0.228 e. The van der Waals surface area contributed by atoms with Gasteiger partial charge in [-0.05, 0) is 32.8 Å². The van der Waals surface area contributed by atoms with E-state index in [2.05, 4.69) is 16.1 Å². The molecule has 0 N–H and O–H groups in total. The highest BCUT2D eigenvalue weighted by Crippen LogP contribution is 2.27. The SMILES string of the molecule is Cc1cc2nc(C3CCN(C(=O)Cc4csc(C)n4)CC3)ccn2n1. The first kappa shape index (κ1) is 16.2. The summed E-state index contributed by atoms with van der Waals surface area (Å²) < 4.78 is 1.81. The predicted octanol–water partition coefficient (Wildman–Crippen LogP) is 2.75. The molecular weight excluding hydrogens is 334 g/mol. The van der Waals surface area contributed by atoms with Crippen LogP contribution in [-0.2, 0) is 11.2 Å². The fraction of sp³-hybridized carbons (Fsp3) is 0.444. The molecule has 1 fully saturated rings. The van der Waals surface area contributed by atoms with Crippen LogP contribution in [0.5, 0.6) is 0 Å². The summed E-state index contributed by atoms with van der Waals surface area (Å²) in [6, 6.07) is 4.05. The number of aromatic nitrogens is 4. The maximum atomic E-state index is 12.5. The first-order valence-corrected chi connectivity index (χ1v) is 9.48. The van der Waals surface area contributed by atoms with Crippen molar-refractivity contribution in [2.45, 2.75) is 39.0 Å². The number of hydrogen-bond donors (Lipinski definition) is 0. The van der Waals surface area contributed by atoms with Gasteiger partial charge in [0.25, 0.3) is 0 Å². The third kappa shape index (κ3) is 3.42. The highest BCUT2D eigenvalue weighted by atomic mass is 32.1. The molecule has 25 heavy (non-hydrogen) atoms. The zero-order valence-corrected chi connectivity index (χ0v) is 15.3. The lowest BCUT2D eigenvalue weighted by molar-refractivity contribution is -0.131. The number of carbonyl (C=O) groups excluding carboxylic acids is 1. The van der Waals surface area contributed by atoms with Gasteiger partial charge in [-0.25, -0.2) is 14.5 Å². The van der Waals surface area contributed by atoms with Crippen LogP contribution in [0.4, 0.5) is 0 Å². The number of nitrogens with zero attached hydrogens (tertiary/aromatic N) is 5. The number of thiazole rings is 1. The van der Waals surface area contributed by atoms with Crippen LogP contribution in [0.15, 0.2) is 23.7 Å². The monoisotopic (exact) mass is 355 g/mol. The van der Waals surface area contributed by atoms with Crippen molar-refractivity contribution in [2.24, 2.45) is 0 Å². The molecule has 1 aliphatic heterocycles. The number of carbonyl (C=O) groups is 1. The molecule has 1 aliphatic rings. The van der Waals surface area contributed by atoms with Crippen LogP contribution >= 0.6 is 11.3 Å². The number of amides is 1. The van der Waals surface area contributed by atoms with Crippen molar-refractivity contribution < 1.29 is 4.79 Å². The Morgan fingerprint density at radius 1 is 1.28 bits per heavy atom. The smallest absolute Gasteiger partial charge is 0.228 e. The van der Waals surface area contributed by atoms with Gasteiger partial charge in [0.05, 0.1) is 22.8 Å². The van der Waals surface area contributed by atoms with E-state index in [-0.39, 0.29) is 5.91 Å². The first-order valence-electron chi connectivity index (χ1n) is 8.60. The minimum atomic E-state index is 0.179. The molecule has 4 rings (SSSR count). The number of aryl methyl sites for hydroxylation is 2. The van der Waals surface area contributed by atoms with Crippen LogP contribution in [-0.4, -0.2) is 43.5 Å². The summed E-state index contributed by atoms with van der Waals surface area (Å²) >= 11 is 1.60. The number of fused-ring (bicyclic) bond motifs is 1. The van der Waals surface area contributed by atoms with Crippen LogP contribution in [0.3, 0.4) is 0 Å². The van der Waals surface area contributed by atoms with Crippen molar-refractivity contribution in [1.29, 1.82) is 0 Å². The Balaban J connectivity index is 1.39. The number of likely N-dealkylation sites (tertiary alicyclic amines) is 1. The molecule has 6 nitrogen and oxygen atoms in total. The molecule has 0 aliphatic carbocycles. The fourth-order valence-electron chi connectivity index (χ4n) is 3.42. The molecule has 0 spiro atoms. The second-order valence-corrected chi connectivity index (χ2v) is 7.69. The van der Waals surface area contributed by atoms with Crippen molar-refractivity contribution in [1.82, 2.24) is 24.5 Å². The third-order valence-corrected chi connectivity index (χ3v) is 5.56. The van der Waals surface area contributed by atoms with Crippen LogP contribution in [0, 0.1) is 13.8 Å². The Morgan fingerprint density at radius 3 is 2.80 bits per heavy atom. The Bertz CT molecular complexity index is 907. The highest BCUT2D eigenvalue weighted by molar-refractivity contribution is 7.09. The molecule has 3 aromatic heterocycles. The van der Waals surface area contributed by atoms with Gasteiger partial charge in [-0.2, -0.15) is 5.10 Å². The summed E-state index contributed by atoms with van der Waals surface area (Å²) in [5.74, 6) is 0.587. The van der Waals surface area contributed by atoms with Crippen molar-refractivity contribution >= 4 is 22.9 Å². The highest BCUT2D eigenvalue weighted by Gasteiger charge is 2.25. The third-order valence-electron chi connectivity index (χ3n) is 4.73. The van der Waals surface area contributed by atoms with Gasteiger partial charge in [-0.1, -0.05) is 0 Å². The number of piperidine rings is 1. The van der Waals surface area contributed by atoms with Crippen molar-refractivity contribution in [2.75, 3.05) is 13.1 Å². The fourth-order valence-corrected chi connectivity index (χ4v) is 4.03. The van der Waals surface area contributed by atoms with E-state index >= 15 is 0 Å². The van der Waals surface area contributed by atoms with Gasteiger partial charge in [-0.3, -0.25) is 4.79 Å². The average molecular weight is 355 g/mol. The zero-order chi connectivity index (χ0) is 17.4. The molecule has 0 unspecified atom stereocenters. The van der Waals surface area contributed by atoms with E-state index in [0.717, 1.165) is 53.7 Å². The van der Waals surface area contributed by atoms with E-state index < -0.39 is 0 Å². The molecule has 0 aromatic carbocycles. The van der Waals surface area contributed by atoms with Gasteiger partial charge >= 0.3 is 0 Å². The summed E-state index contributed by atoms with van der Waals surface area (Å²) in [5.41, 5.74) is 3.86. The zero-order valence-electron chi connectivity index (χ0n) is 14.5. The van der Waals surface area contributed by atoms with E-state index in [0.29, 0.717) is 12.3 Å². The Labute approximate surface area is 150 Å². The summed E-state index contributed by atoms with van der Waals surface area (Å²) in [6.07, 6.45) is 4.30. The summed E-state index contributed by atoms with van der Waals surface area (Å²) in [7, 11) is 0. The van der Waals surface area contributed by atoms with E-state index in [1.165, 1.54) is 0 Å². The van der Waals surface area contributed by atoms with Crippen LogP contribution < -0.4 is 0 Å². The largest absolute Gasteiger partial charge is 0.342 e. The molecule has 1 saturated heterocycles. The van der Waals surface area contributed by atoms with Crippen molar-refractivity contribution in [3.05, 3.63) is 45.8 Å². The molecule has 1 amide bonds. The van der Waals surface area contributed by atoms with E-state index in [4.69, 9.17) is 4.98 Å². The molecule has 7 heteroatoms. The average Bonchev–Trinajstić information content (AvgIpc) is 3.18.